The molecule has 0 bridgehead atoms. The van der Waals surface area contributed by atoms with E-state index in [4.69, 9.17) is 0 Å². The zero-order chi connectivity index (χ0) is 12.3. The minimum Gasteiger partial charge on any atom is -0.386 e. The zero-order valence-corrected chi connectivity index (χ0v) is 10.7. The van der Waals surface area contributed by atoms with Gasteiger partial charge >= 0.3 is 0 Å². The molecule has 1 fully saturated rings. The van der Waals surface area contributed by atoms with E-state index in [0.29, 0.717) is 12.6 Å². The SMILES string of the molecule is CC(NCC(O)c1cccs1)C(=O)NC1CC1. The van der Waals surface area contributed by atoms with Crippen molar-refractivity contribution in [3.8, 4) is 0 Å². The van der Waals surface area contributed by atoms with E-state index in [9.17, 15) is 9.90 Å². The lowest BCUT2D eigenvalue weighted by Gasteiger charge is -2.16. The maximum Gasteiger partial charge on any atom is 0.237 e. The Bertz CT molecular complexity index is 363. The molecule has 1 aliphatic rings. The molecule has 5 heteroatoms. The van der Waals surface area contributed by atoms with Crippen LogP contribution < -0.4 is 10.6 Å². The fraction of sp³-hybridized carbons (Fsp3) is 0.583. The first kappa shape index (κ1) is 12.5. The molecular formula is C12H18N2O2S. The van der Waals surface area contributed by atoms with Gasteiger partial charge in [-0.25, -0.2) is 0 Å². The topological polar surface area (TPSA) is 61.4 Å². The molecule has 1 saturated carbocycles. The normalized spacial score (nSPS) is 18.7. The summed E-state index contributed by atoms with van der Waals surface area (Å²) < 4.78 is 0. The molecular weight excluding hydrogens is 236 g/mol. The van der Waals surface area contributed by atoms with Gasteiger partial charge in [-0.05, 0) is 31.2 Å². The lowest BCUT2D eigenvalue weighted by molar-refractivity contribution is -0.123. The highest BCUT2D eigenvalue weighted by Gasteiger charge is 2.25. The van der Waals surface area contributed by atoms with Gasteiger partial charge in [-0.1, -0.05) is 6.07 Å². The number of amides is 1. The van der Waals surface area contributed by atoms with Crippen LogP contribution in [-0.4, -0.2) is 29.6 Å². The van der Waals surface area contributed by atoms with Crippen molar-refractivity contribution >= 4 is 17.2 Å². The van der Waals surface area contributed by atoms with Crippen LogP contribution in [0.1, 0.15) is 30.7 Å². The Morgan fingerprint density at radius 3 is 3.00 bits per heavy atom. The largest absolute Gasteiger partial charge is 0.386 e. The lowest BCUT2D eigenvalue weighted by atomic mass is 10.2. The van der Waals surface area contributed by atoms with Crippen molar-refractivity contribution in [1.82, 2.24) is 10.6 Å². The second kappa shape index (κ2) is 5.62. The third-order valence-electron chi connectivity index (χ3n) is 2.81. The first-order valence-electron chi connectivity index (χ1n) is 5.92. The van der Waals surface area contributed by atoms with E-state index in [0.717, 1.165) is 17.7 Å². The summed E-state index contributed by atoms with van der Waals surface area (Å²) in [6.07, 6.45) is 1.65. The molecule has 0 aromatic carbocycles. The number of aliphatic hydroxyl groups is 1. The predicted octanol–water partition coefficient (Wildman–Crippen LogP) is 1.04. The first-order valence-corrected chi connectivity index (χ1v) is 6.80. The van der Waals surface area contributed by atoms with Crippen molar-refractivity contribution in [3.05, 3.63) is 22.4 Å². The highest BCUT2D eigenvalue weighted by atomic mass is 32.1. The molecule has 1 aromatic heterocycles. The van der Waals surface area contributed by atoms with Crippen LogP contribution in [-0.2, 0) is 4.79 Å². The summed E-state index contributed by atoms with van der Waals surface area (Å²) >= 11 is 1.52. The summed E-state index contributed by atoms with van der Waals surface area (Å²) in [5.41, 5.74) is 0. The summed E-state index contributed by atoms with van der Waals surface area (Å²) in [5, 5.41) is 17.8. The quantitative estimate of drug-likeness (QED) is 0.711. The Balaban J connectivity index is 1.71. The average Bonchev–Trinajstić information content (AvgIpc) is 2.96. The van der Waals surface area contributed by atoms with Crippen LogP contribution in [0, 0.1) is 0 Å². The minimum absolute atomic E-state index is 0.0193. The van der Waals surface area contributed by atoms with Gasteiger partial charge < -0.3 is 15.7 Å². The molecule has 4 nitrogen and oxygen atoms in total. The Morgan fingerprint density at radius 1 is 1.65 bits per heavy atom. The van der Waals surface area contributed by atoms with Gasteiger partial charge in [0, 0.05) is 17.5 Å². The number of aliphatic hydroxyl groups excluding tert-OH is 1. The van der Waals surface area contributed by atoms with Gasteiger partial charge in [0.05, 0.1) is 6.04 Å². The molecule has 0 spiro atoms. The minimum atomic E-state index is -0.536. The Kier molecular flexibility index (Phi) is 4.15. The lowest BCUT2D eigenvalue weighted by Crippen LogP contribution is -2.44. The van der Waals surface area contributed by atoms with E-state index in [1.165, 1.54) is 11.3 Å². The van der Waals surface area contributed by atoms with Gasteiger partial charge in [-0.2, -0.15) is 0 Å². The van der Waals surface area contributed by atoms with Crippen LogP contribution in [0.15, 0.2) is 17.5 Å². The molecule has 17 heavy (non-hydrogen) atoms. The summed E-state index contributed by atoms with van der Waals surface area (Å²) in [5.74, 6) is 0.0193. The van der Waals surface area contributed by atoms with E-state index >= 15 is 0 Å². The van der Waals surface area contributed by atoms with E-state index in [2.05, 4.69) is 10.6 Å². The third-order valence-corrected chi connectivity index (χ3v) is 3.78. The second-order valence-electron chi connectivity index (χ2n) is 4.44. The Morgan fingerprint density at radius 2 is 2.41 bits per heavy atom. The summed E-state index contributed by atoms with van der Waals surface area (Å²) in [7, 11) is 0. The van der Waals surface area contributed by atoms with E-state index in [1.807, 2.05) is 24.4 Å². The van der Waals surface area contributed by atoms with Crippen LogP contribution in [0.4, 0.5) is 0 Å². The summed E-state index contributed by atoms with van der Waals surface area (Å²) in [4.78, 5) is 12.6. The predicted molar refractivity (Wildman–Crippen MR) is 67.9 cm³/mol. The van der Waals surface area contributed by atoms with Crippen molar-refractivity contribution in [2.75, 3.05) is 6.54 Å². The van der Waals surface area contributed by atoms with Crippen molar-refractivity contribution < 1.29 is 9.90 Å². The maximum absolute atomic E-state index is 11.6. The highest BCUT2D eigenvalue weighted by Crippen LogP contribution is 2.19. The zero-order valence-electron chi connectivity index (χ0n) is 9.85. The van der Waals surface area contributed by atoms with E-state index in [1.54, 1.807) is 0 Å². The van der Waals surface area contributed by atoms with Gasteiger partial charge in [0.1, 0.15) is 6.10 Å². The van der Waals surface area contributed by atoms with Gasteiger partial charge in [0.15, 0.2) is 0 Å². The Hall–Kier alpha value is -0.910. The molecule has 0 radical (unpaired) electrons. The Labute approximate surface area is 105 Å². The van der Waals surface area contributed by atoms with Crippen LogP contribution in [0.5, 0.6) is 0 Å². The molecule has 2 rings (SSSR count). The average molecular weight is 254 g/mol. The third kappa shape index (κ3) is 3.80. The maximum atomic E-state index is 11.6. The molecule has 0 aliphatic heterocycles. The van der Waals surface area contributed by atoms with E-state index in [-0.39, 0.29) is 11.9 Å². The number of hydrogen-bond donors (Lipinski definition) is 3. The van der Waals surface area contributed by atoms with Crippen LogP contribution >= 0.6 is 11.3 Å². The van der Waals surface area contributed by atoms with Gasteiger partial charge in [-0.3, -0.25) is 4.79 Å². The molecule has 1 heterocycles. The standard InChI is InChI=1S/C12H18N2O2S/c1-8(12(16)14-9-4-5-9)13-7-10(15)11-3-2-6-17-11/h2-3,6,8-10,13,15H,4-5,7H2,1H3,(H,14,16). The van der Waals surface area contributed by atoms with Crippen molar-refractivity contribution in [1.29, 1.82) is 0 Å². The number of nitrogens with one attached hydrogen (secondary N) is 2. The molecule has 1 amide bonds. The number of hydrogen-bond acceptors (Lipinski definition) is 4. The first-order chi connectivity index (χ1) is 8.16. The van der Waals surface area contributed by atoms with Crippen molar-refractivity contribution in [2.45, 2.75) is 38.0 Å². The monoisotopic (exact) mass is 254 g/mol. The number of rotatable bonds is 6. The van der Waals surface area contributed by atoms with Crippen LogP contribution in [0.2, 0.25) is 0 Å². The second-order valence-corrected chi connectivity index (χ2v) is 5.42. The number of carbonyl (C=O) groups is 1. The van der Waals surface area contributed by atoms with Gasteiger partial charge in [-0.15, -0.1) is 11.3 Å². The highest BCUT2D eigenvalue weighted by molar-refractivity contribution is 7.10. The van der Waals surface area contributed by atoms with Crippen molar-refractivity contribution in [2.24, 2.45) is 0 Å². The smallest absolute Gasteiger partial charge is 0.237 e. The summed E-state index contributed by atoms with van der Waals surface area (Å²) in [6, 6.07) is 3.93. The molecule has 2 unspecified atom stereocenters. The fourth-order valence-electron chi connectivity index (χ4n) is 1.52. The van der Waals surface area contributed by atoms with Crippen LogP contribution in [0.3, 0.4) is 0 Å². The molecule has 3 N–H and O–H groups in total. The molecule has 94 valence electrons. The number of carbonyl (C=O) groups excluding carboxylic acids is 1. The fourth-order valence-corrected chi connectivity index (χ4v) is 2.23. The van der Waals surface area contributed by atoms with E-state index < -0.39 is 6.10 Å². The van der Waals surface area contributed by atoms with Gasteiger partial charge in [0.25, 0.3) is 0 Å². The van der Waals surface area contributed by atoms with Gasteiger partial charge in [0.2, 0.25) is 5.91 Å². The molecule has 1 aliphatic carbocycles. The van der Waals surface area contributed by atoms with Crippen molar-refractivity contribution in [3.63, 3.8) is 0 Å². The summed E-state index contributed by atoms with van der Waals surface area (Å²) in [6.45, 7) is 2.22. The van der Waals surface area contributed by atoms with Crippen LogP contribution in [0.25, 0.3) is 0 Å². The molecule has 2 atom stereocenters. The number of thiophene rings is 1. The molecule has 1 aromatic rings. The molecule has 0 saturated heterocycles.